The molecule has 1 saturated carbocycles. The Morgan fingerprint density at radius 1 is 1.11 bits per heavy atom. The Balaban J connectivity index is 1.38. The molecule has 9 heteroatoms. The third-order valence-corrected chi connectivity index (χ3v) is 6.35. The van der Waals surface area contributed by atoms with Gasteiger partial charge in [0.05, 0.1) is 7.11 Å². The molecule has 35 heavy (non-hydrogen) atoms. The summed E-state index contributed by atoms with van der Waals surface area (Å²) in [6, 6.07) is 17.4. The van der Waals surface area contributed by atoms with E-state index in [2.05, 4.69) is 20.5 Å². The van der Waals surface area contributed by atoms with Crippen molar-refractivity contribution in [3.05, 3.63) is 65.7 Å². The van der Waals surface area contributed by atoms with Crippen molar-refractivity contribution >= 4 is 36.3 Å². The van der Waals surface area contributed by atoms with E-state index in [0.717, 1.165) is 40.0 Å². The fourth-order valence-electron chi connectivity index (χ4n) is 3.80. The average molecular weight is 497 g/mol. The highest BCUT2D eigenvalue weighted by Crippen LogP contribution is 2.33. The normalized spacial score (nSPS) is 13.5. The Morgan fingerprint density at radius 2 is 1.91 bits per heavy atom. The van der Waals surface area contributed by atoms with Gasteiger partial charge in [0.15, 0.2) is 0 Å². The van der Waals surface area contributed by atoms with Crippen LogP contribution in [0.2, 0.25) is 0 Å². The van der Waals surface area contributed by atoms with Gasteiger partial charge in [-0.1, -0.05) is 18.2 Å². The molecule has 0 aliphatic heterocycles. The summed E-state index contributed by atoms with van der Waals surface area (Å²) in [5.74, 6) is 1.33. The smallest absolute Gasteiger partial charge is 0.497 e. The molecular weight excluding hydrogens is 465 g/mol. The minimum atomic E-state index is -2.53. The second kappa shape index (κ2) is 12.1. The van der Waals surface area contributed by atoms with E-state index in [9.17, 15) is 9.36 Å². The van der Waals surface area contributed by atoms with Gasteiger partial charge in [0, 0.05) is 40.0 Å². The third kappa shape index (κ3) is 7.47. The van der Waals surface area contributed by atoms with Gasteiger partial charge in [0.2, 0.25) is 0 Å². The molecule has 1 amide bonds. The number of rotatable bonds is 13. The summed E-state index contributed by atoms with van der Waals surface area (Å²) in [7, 11) is -0.876. The van der Waals surface area contributed by atoms with Crippen LogP contribution in [0.1, 0.15) is 35.2 Å². The van der Waals surface area contributed by atoms with E-state index >= 15 is 0 Å². The van der Waals surface area contributed by atoms with Gasteiger partial charge in [-0.3, -0.25) is 4.79 Å². The van der Waals surface area contributed by atoms with Crippen LogP contribution in [-0.4, -0.2) is 37.6 Å². The van der Waals surface area contributed by atoms with Gasteiger partial charge in [-0.25, -0.2) is 0 Å². The highest BCUT2D eigenvalue weighted by Gasteiger charge is 2.21. The van der Waals surface area contributed by atoms with Crippen molar-refractivity contribution in [2.45, 2.75) is 25.8 Å². The summed E-state index contributed by atoms with van der Waals surface area (Å²) in [4.78, 5) is 21.7. The van der Waals surface area contributed by atoms with Crippen LogP contribution >= 0.6 is 8.25 Å². The summed E-state index contributed by atoms with van der Waals surface area (Å²) >= 11 is 0. The summed E-state index contributed by atoms with van der Waals surface area (Å²) < 4.78 is 20.5. The molecule has 3 aromatic carbocycles. The first-order valence-corrected chi connectivity index (χ1v) is 12.9. The number of carbonyl (C=O) groups is 1. The second-order valence-corrected chi connectivity index (χ2v) is 9.42. The number of hydrogen-bond acceptors (Lipinski definition) is 6. The van der Waals surface area contributed by atoms with E-state index in [0.29, 0.717) is 31.0 Å². The van der Waals surface area contributed by atoms with Crippen molar-refractivity contribution in [1.82, 2.24) is 5.32 Å². The average Bonchev–Trinajstić information content (AvgIpc) is 3.69. The van der Waals surface area contributed by atoms with Crippen LogP contribution < -0.4 is 20.7 Å². The number of ether oxygens (including phenoxy) is 1. The number of carbonyl (C=O) groups excluding carboxylic acids is 1. The number of amides is 1. The first-order chi connectivity index (χ1) is 17.0. The van der Waals surface area contributed by atoms with Crippen LogP contribution in [0.15, 0.2) is 54.6 Å². The number of nitrogens with one attached hydrogen (secondary N) is 3. The maximum Gasteiger partial charge on any atom is 0.694 e. The zero-order valence-corrected chi connectivity index (χ0v) is 20.6. The van der Waals surface area contributed by atoms with Gasteiger partial charge < -0.3 is 20.7 Å². The maximum atomic E-state index is 13.1. The van der Waals surface area contributed by atoms with Crippen LogP contribution in [0.25, 0.3) is 10.8 Å². The first-order valence-electron chi connectivity index (χ1n) is 11.8. The third-order valence-electron chi connectivity index (χ3n) is 5.94. The number of methoxy groups -OCH3 is 1. The molecule has 8 nitrogen and oxygen atoms in total. The zero-order valence-electron chi connectivity index (χ0n) is 19.8. The lowest BCUT2D eigenvalue weighted by atomic mass is 10.0. The lowest BCUT2D eigenvalue weighted by molar-refractivity contribution is 0.102. The fourth-order valence-corrected chi connectivity index (χ4v) is 4.08. The van der Waals surface area contributed by atoms with Crippen molar-refractivity contribution in [3.63, 3.8) is 0 Å². The summed E-state index contributed by atoms with van der Waals surface area (Å²) in [5, 5.41) is 11.8. The van der Waals surface area contributed by atoms with E-state index in [4.69, 9.17) is 9.63 Å². The SMILES string of the molecule is COc1ccc2cc(C(=O)Nc3ccc(CNCCCO[P+](=O)O)cc3)cc(NCC3CC3)c2c1. The Kier molecular flexibility index (Phi) is 8.66. The first kappa shape index (κ1) is 25.1. The largest absolute Gasteiger partial charge is 0.694 e. The number of fused-ring (bicyclic) bond motifs is 1. The molecule has 1 fully saturated rings. The summed E-state index contributed by atoms with van der Waals surface area (Å²) in [6.07, 6.45) is 3.15. The van der Waals surface area contributed by atoms with Gasteiger partial charge in [0.25, 0.3) is 5.91 Å². The minimum Gasteiger partial charge on any atom is -0.497 e. The molecule has 3 aromatic rings. The van der Waals surface area contributed by atoms with Gasteiger partial charge in [-0.2, -0.15) is 0 Å². The standard InChI is InChI=1S/C26H30N3O5P/c1-33-23-10-7-20-13-21(14-25(24(20)15-23)28-17-19-3-4-19)26(30)29-22-8-5-18(6-9-22)16-27-11-2-12-34-35(31)32/h5-10,13-15,19,27-28H,2-4,11-12,16-17H2,1H3,(H-,29,30,31,32)/p+1. The lowest BCUT2D eigenvalue weighted by Crippen LogP contribution is -2.16. The Morgan fingerprint density at radius 3 is 2.63 bits per heavy atom. The quantitative estimate of drug-likeness (QED) is 0.193. The van der Waals surface area contributed by atoms with E-state index in [1.807, 2.05) is 54.6 Å². The van der Waals surface area contributed by atoms with Gasteiger partial charge in [-0.05, 0) is 79.1 Å². The monoisotopic (exact) mass is 496 g/mol. The lowest BCUT2D eigenvalue weighted by Gasteiger charge is -2.14. The highest BCUT2D eigenvalue weighted by atomic mass is 31.1. The predicted molar refractivity (Wildman–Crippen MR) is 138 cm³/mol. The molecule has 0 saturated heterocycles. The van der Waals surface area contributed by atoms with Crippen LogP contribution in [-0.2, 0) is 15.6 Å². The van der Waals surface area contributed by atoms with Crippen molar-refractivity contribution in [2.24, 2.45) is 5.92 Å². The van der Waals surface area contributed by atoms with Crippen molar-refractivity contribution in [2.75, 3.05) is 37.4 Å². The van der Waals surface area contributed by atoms with Crippen LogP contribution in [0, 0.1) is 5.92 Å². The molecule has 1 atom stereocenters. The number of anilines is 2. The molecule has 0 aromatic heterocycles. The van der Waals surface area contributed by atoms with Crippen molar-refractivity contribution in [3.8, 4) is 5.75 Å². The van der Waals surface area contributed by atoms with Gasteiger partial charge in [-0.15, -0.1) is 9.42 Å². The predicted octanol–water partition coefficient (Wildman–Crippen LogP) is 5.07. The van der Waals surface area contributed by atoms with E-state index in [1.54, 1.807) is 7.11 Å². The molecule has 1 aliphatic rings. The van der Waals surface area contributed by atoms with Crippen molar-refractivity contribution < 1.29 is 23.5 Å². The van der Waals surface area contributed by atoms with E-state index < -0.39 is 8.25 Å². The summed E-state index contributed by atoms with van der Waals surface area (Å²) in [5.41, 5.74) is 3.33. The number of benzene rings is 3. The Bertz CT molecular complexity index is 1180. The van der Waals surface area contributed by atoms with E-state index in [1.165, 1.54) is 12.8 Å². The Hall–Kier alpha value is -3.03. The molecule has 0 heterocycles. The van der Waals surface area contributed by atoms with E-state index in [-0.39, 0.29) is 12.5 Å². The highest BCUT2D eigenvalue weighted by molar-refractivity contribution is 7.32. The molecule has 184 valence electrons. The van der Waals surface area contributed by atoms with Crippen LogP contribution in [0.4, 0.5) is 11.4 Å². The van der Waals surface area contributed by atoms with Crippen molar-refractivity contribution in [1.29, 1.82) is 0 Å². The molecular formula is C26H31N3O5P+. The van der Waals surface area contributed by atoms with Gasteiger partial charge in [0.1, 0.15) is 12.4 Å². The second-order valence-electron chi connectivity index (χ2n) is 8.69. The molecule has 0 radical (unpaired) electrons. The molecule has 0 bridgehead atoms. The summed E-state index contributed by atoms with van der Waals surface area (Å²) in [6.45, 7) is 2.47. The molecule has 1 unspecified atom stereocenters. The number of hydrogen-bond donors (Lipinski definition) is 4. The molecule has 1 aliphatic carbocycles. The molecule has 0 spiro atoms. The fraction of sp³-hybridized carbons (Fsp3) is 0.346. The van der Waals surface area contributed by atoms with Crippen LogP contribution in [0.3, 0.4) is 0 Å². The Labute approximate surface area is 206 Å². The molecule has 4 rings (SSSR count). The zero-order chi connectivity index (χ0) is 24.6. The topological polar surface area (TPSA) is 109 Å². The maximum absolute atomic E-state index is 13.1. The molecule has 4 N–H and O–H groups in total. The minimum absolute atomic E-state index is 0.162. The van der Waals surface area contributed by atoms with Gasteiger partial charge >= 0.3 is 8.25 Å². The van der Waals surface area contributed by atoms with Crippen LogP contribution in [0.5, 0.6) is 5.75 Å².